The minimum absolute atomic E-state index is 0.733. The average Bonchev–Trinajstić information content (AvgIpc) is 2.41. The highest BCUT2D eigenvalue weighted by Gasteiger charge is 1.97. The van der Waals surface area contributed by atoms with Gasteiger partial charge in [0.25, 0.3) is 0 Å². The van der Waals surface area contributed by atoms with Gasteiger partial charge in [-0.05, 0) is 36.6 Å². The molecule has 0 heterocycles. The van der Waals surface area contributed by atoms with E-state index in [9.17, 15) is 0 Å². The van der Waals surface area contributed by atoms with Crippen LogP contribution in [0.5, 0.6) is 0 Å². The monoisotopic (exact) mass is 281 g/mol. The van der Waals surface area contributed by atoms with Crippen LogP contribution < -0.4 is 5.32 Å². The number of nitrogens with one attached hydrogen (secondary N) is 1. The number of thioether (sulfide) groups is 1. The molecule has 0 aromatic heterocycles. The lowest BCUT2D eigenvalue weighted by Crippen LogP contribution is -2.11. The van der Waals surface area contributed by atoms with Gasteiger partial charge in [-0.25, -0.2) is 0 Å². The topological polar surface area (TPSA) is 21.3 Å². The Morgan fingerprint density at radius 1 is 1.16 bits per heavy atom. The van der Waals surface area contributed by atoms with Crippen molar-refractivity contribution < 1.29 is 4.74 Å². The average molecular weight is 281 g/mol. The number of hydrogen-bond acceptors (Lipinski definition) is 3. The first-order valence-electron chi connectivity index (χ1n) is 7.22. The third-order valence-corrected chi connectivity index (χ3v) is 3.81. The lowest BCUT2D eigenvalue weighted by atomic mass is 10.1. The van der Waals surface area contributed by atoms with E-state index in [1.54, 1.807) is 0 Å². The van der Waals surface area contributed by atoms with Gasteiger partial charge in [0.1, 0.15) is 0 Å². The van der Waals surface area contributed by atoms with Crippen molar-refractivity contribution in [2.24, 2.45) is 5.92 Å². The van der Waals surface area contributed by atoms with E-state index in [4.69, 9.17) is 4.74 Å². The molecule has 0 amide bonds. The Labute approximate surface area is 122 Å². The fourth-order valence-corrected chi connectivity index (χ4v) is 2.38. The molecule has 0 saturated carbocycles. The van der Waals surface area contributed by atoms with Crippen molar-refractivity contribution in [3.63, 3.8) is 0 Å². The quantitative estimate of drug-likeness (QED) is 0.518. The highest BCUT2D eigenvalue weighted by atomic mass is 32.2. The third-order valence-electron chi connectivity index (χ3n) is 2.84. The van der Waals surface area contributed by atoms with E-state index in [-0.39, 0.29) is 0 Å². The molecule has 0 aliphatic carbocycles. The summed E-state index contributed by atoms with van der Waals surface area (Å²) < 4.78 is 5.61. The molecule has 0 unspecified atom stereocenters. The summed E-state index contributed by atoms with van der Waals surface area (Å²) in [5, 5.41) is 3.33. The van der Waals surface area contributed by atoms with Crippen molar-refractivity contribution in [3.8, 4) is 0 Å². The summed E-state index contributed by atoms with van der Waals surface area (Å²) in [4.78, 5) is 1.33. The minimum Gasteiger partial charge on any atom is -0.381 e. The van der Waals surface area contributed by atoms with Crippen LogP contribution in [-0.2, 0) is 11.3 Å². The van der Waals surface area contributed by atoms with E-state index < -0.39 is 0 Å². The zero-order valence-electron chi connectivity index (χ0n) is 12.4. The van der Waals surface area contributed by atoms with Gasteiger partial charge in [0.05, 0.1) is 6.61 Å². The molecule has 0 aliphatic heterocycles. The number of rotatable bonds is 10. The molecule has 1 N–H and O–H groups in total. The van der Waals surface area contributed by atoms with Crippen LogP contribution in [0.25, 0.3) is 0 Å². The first-order chi connectivity index (χ1) is 9.22. The third kappa shape index (κ3) is 8.30. The Balaban J connectivity index is 2.12. The van der Waals surface area contributed by atoms with Gasteiger partial charge in [0, 0.05) is 23.8 Å². The van der Waals surface area contributed by atoms with Gasteiger partial charge in [-0.3, -0.25) is 0 Å². The second kappa shape index (κ2) is 10.3. The lowest BCUT2D eigenvalue weighted by Gasteiger charge is -2.07. The molecule has 108 valence electrons. The Bertz CT molecular complexity index is 324. The summed E-state index contributed by atoms with van der Waals surface area (Å²) in [5.41, 5.74) is 1.35. The number of benzene rings is 1. The summed E-state index contributed by atoms with van der Waals surface area (Å²) in [6, 6.07) is 8.80. The smallest absolute Gasteiger partial charge is 0.0560 e. The lowest BCUT2D eigenvalue weighted by molar-refractivity contribution is 0.138. The molecule has 0 atom stereocenters. The van der Waals surface area contributed by atoms with E-state index >= 15 is 0 Å². The molecule has 1 aromatic rings. The van der Waals surface area contributed by atoms with E-state index in [0.717, 1.165) is 44.4 Å². The standard InChI is InChI=1S/C16H27NOS/c1-4-17-13-15-5-7-16(8-6-15)19-12-11-18-10-9-14(2)3/h5-8,14,17H,4,9-13H2,1-3H3. The molecule has 0 bridgehead atoms. The van der Waals surface area contributed by atoms with Gasteiger partial charge < -0.3 is 10.1 Å². The van der Waals surface area contributed by atoms with Crippen molar-refractivity contribution in [1.82, 2.24) is 5.32 Å². The van der Waals surface area contributed by atoms with Gasteiger partial charge >= 0.3 is 0 Å². The Morgan fingerprint density at radius 2 is 1.89 bits per heavy atom. The van der Waals surface area contributed by atoms with Gasteiger partial charge in [-0.1, -0.05) is 32.9 Å². The SMILES string of the molecule is CCNCc1ccc(SCCOCCC(C)C)cc1. The molecular weight excluding hydrogens is 254 g/mol. The molecular formula is C16H27NOS. The van der Waals surface area contributed by atoms with Crippen molar-refractivity contribution in [2.75, 3.05) is 25.5 Å². The summed E-state index contributed by atoms with van der Waals surface area (Å²) in [5.74, 6) is 1.77. The zero-order chi connectivity index (χ0) is 13.9. The number of ether oxygens (including phenoxy) is 1. The van der Waals surface area contributed by atoms with Crippen LogP contribution in [0, 0.1) is 5.92 Å². The van der Waals surface area contributed by atoms with Gasteiger partial charge in [0.2, 0.25) is 0 Å². The summed E-state index contributed by atoms with van der Waals surface area (Å²) in [6.45, 7) is 10.3. The summed E-state index contributed by atoms with van der Waals surface area (Å²) in [7, 11) is 0. The molecule has 19 heavy (non-hydrogen) atoms. The van der Waals surface area contributed by atoms with E-state index in [0.29, 0.717) is 0 Å². The maximum Gasteiger partial charge on any atom is 0.0560 e. The molecule has 0 saturated heterocycles. The molecule has 0 spiro atoms. The second-order valence-corrected chi connectivity index (χ2v) is 6.24. The maximum absolute atomic E-state index is 5.61. The summed E-state index contributed by atoms with van der Waals surface area (Å²) >= 11 is 1.87. The zero-order valence-corrected chi connectivity index (χ0v) is 13.3. The first kappa shape index (κ1) is 16.5. The second-order valence-electron chi connectivity index (χ2n) is 5.07. The Morgan fingerprint density at radius 3 is 2.53 bits per heavy atom. The van der Waals surface area contributed by atoms with Crippen molar-refractivity contribution in [1.29, 1.82) is 0 Å². The summed E-state index contributed by atoms with van der Waals surface area (Å²) in [6.07, 6.45) is 1.16. The predicted molar refractivity (Wildman–Crippen MR) is 84.8 cm³/mol. The first-order valence-corrected chi connectivity index (χ1v) is 8.21. The molecule has 1 aromatic carbocycles. The fraction of sp³-hybridized carbons (Fsp3) is 0.625. The molecule has 2 nitrogen and oxygen atoms in total. The predicted octanol–water partition coefficient (Wildman–Crippen LogP) is 3.95. The van der Waals surface area contributed by atoms with E-state index in [1.807, 2.05) is 11.8 Å². The Kier molecular flexibility index (Phi) is 8.97. The highest BCUT2D eigenvalue weighted by molar-refractivity contribution is 7.99. The minimum atomic E-state index is 0.733. The van der Waals surface area contributed by atoms with Crippen LogP contribution >= 0.6 is 11.8 Å². The van der Waals surface area contributed by atoms with Crippen LogP contribution in [-0.4, -0.2) is 25.5 Å². The van der Waals surface area contributed by atoms with Crippen molar-refractivity contribution in [3.05, 3.63) is 29.8 Å². The normalized spacial score (nSPS) is 11.2. The largest absolute Gasteiger partial charge is 0.381 e. The van der Waals surface area contributed by atoms with Gasteiger partial charge in [-0.2, -0.15) is 0 Å². The highest BCUT2D eigenvalue weighted by Crippen LogP contribution is 2.18. The maximum atomic E-state index is 5.61. The van der Waals surface area contributed by atoms with E-state index in [2.05, 4.69) is 50.4 Å². The van der Waals surface area contributed by atoms with Crippen LogP contribution in [0.2, 0.25) is 0 Å². The number of hydrogen-bond donors (Lipinski definition) is 1. The molecule has 1 rings (SSSR count). The molecule has 0 fully saturated rings. The Hall–Kier alpha value is -0.510. The van der Waals surface area contributed by atoms with Crippen LogP contribution in [0.15, 0.2) is 29.2 Å². The molecule has 0 aliphatic rings. The molecule has 0 radical (unpaired) electrons. The fourth-order valence-electron chi connectivity index (χ4n) is 1.61. The van der Waals surface area contributed by atoms with Crippen LogP contribution in [0.4, 0.5) is 0 Å². The van der Waals surface area contributed by atoms with Crippen molar-refractivity contribution >= 4 is 11.8 Å². The molecule has 3 heteroatoms. The van der Waals surface area contributed by atoms with Crippen LogP contribution in [0.3, 0.4) is 0 Å². The van der Waals surface area contributed by atoms with E-state index in [1.165, 1.54) is 10.5 Å². The van der Waals surface area contributed by atoms with Gasteiger partial charge in [-0.15, -0.1) is 11.8 Å². The van der Waals surface area contributed by atoms with Crippen LogP contribution in [0.1, 0.15) is 32.8 Å². The van der Waals surface area contributed by atoms with Gasteiger partial charge in [0.15, 0.2) is 0 Å². The van der Waals surface area contributed by atoms with Crippen molar-refractivity contribution in [2.45, 2.75) is 38.6 Å².